The zero-order valence-corrected chi connectivity index (χ0v) is 15.5. The molecule has 1 aliphatic carbocycles. The van der Waals surface area contributed by atoms with Crippen LogP contribution in [0.15, 0.2) is 0 Å². The van der Waals surface area contributed by atoms with E-state index in [1.165, 1.54) is 12.5 Å². The number of rotatable bonds is 7. The van der Waals surface area contributed by atoms with Crippen molar-refractivity contribution in [2.24, 2.45) is 11.8 Å². The van der Waals surface area contributed by atoms with Gasteiger partial charge in [-0.25, -0.2) is 0 Å². The van der Waals surface area contributed by atoms with Crippen molar-refractivity contribution in [1.29, 1.82) is 0 Å². The average molecular weight is 299 g/mol. The van der Waals surface area contributed by atoms with Gasteiger partial charge in [0.2, 0.25) is 0 Å². The zero-order chi connectivity index (χ0) is 15.5. The smallest absolute Gasteiger partial charge is 0.309 e. The maximum absolute atomic E-state index is 12.0. The van der Waals surface area contributed by atoms with Crippen molar-refractivity contribution in [3.05, 3.63) is 0 Å². The van der Waals surface area contributed by atoms with Gasteiger partial charge in [0, 0.05) is 0 Å². The summed E-state index contributed by atoms with van der Waals surface area (Å²) >= 11 is 0. The minimum atomic E-state index is -1.38. The van der Waals surface area contributed by atoms with Crippen molar-refractivity contribution in [3.8, 4) is 0 Å². The summed E-state index contributed by atoms with van der Waals surface area (Å²) in [6, 6.07) is 1.31. The Balaban J connectivity index is 2.84. The number of esters is 1. The summed E-state index contributed by atoms with van der Waals surface area (Å²) in [6.07, 6.45) is 2.27. The number of hydrogen-bond acceptors (Lipinski definition) is 2. The lowest BCUT2D eigenvalue weighted by atomic mass is 9.75. The van der Waals surface area contributed by atoms with Crippen LogP contribution in [0.3, 0.4) is 0 Å². The van der Waals surface area contributed by atoms with Crippen molar-refractivity contribution < 1.29 is 9.53 Å². The maximum Gasteiger partial charge on any atom is 0.309 e. The number of carbonyl (C=O) groups excluding carboxylic acids is 1. The van der Waals surface area contributed by atoms with Gasteiger partial charge < -0.3 is 4.74 Å². The third-order valence-electron chi connectivity index (χ3n) is 5.85. The van der Waals surface area contributed by atoms with Crippen molar-refractivity contribution in [3.63, 3.8) is 0 Å². The quantitative estimate of drug-likeness (QED) is 0.473. The molecule has 0 spiro atoms. The SMILES string of the molecule is CCOC(=O)[C@H]1CC[C@H]1C[Si](C(C)C)(C(C)C)C(C)C. The van der Waals surface area contributed by atoms with Gasteiger partial charge in [-0.05, 0) is 25.7 Å². The highest BCUT2D eigenvalue weighted by Gasteiger charge is 2.48. The Kier molecular flexibility index (Phi) is 6.30. The second-order valence-electron chi connectivity index (χ2n) is 7.48. The Morgan fingerprint density at radius 2 is 1.55 bits per heavy atom. The highest BCUT2D eigenvalue weighted by Crippen LogP contribution is 2.51. The van der Waals surface area contributed by atoms with Gasteiger partial charge in [-0.1, -0.05) is 64.2 Å². The van der Waals surface area contributed by atoms with E-state index < -0.39 is 8.07 Å². The van der Waals surface area contributed by atoms with E-state index >= 15 is 0 Å². The number of hydrogen-bond donors (Lipinski definition) is 0. The standard InChI is InChI=1S/C17H34O2Si/c1-8-19-17(18)16-10-9-15(16)11-20(12(2)3,13(4)5)14(6)7/h12-16H,8-11H2,1-7H3/t15-,16-/m0/s1. The molecule has 2 atom stereocenters. The summed E-state index contributed by atoms with van der Waals surface area (Å²) in [7, 11) is -1.38. The Hall–Kier alpha value is -0.313. The number of carbonyl (C=O) groups is 1. The van der Waals surface area contributed by atoms with Crippen molar-refractivity contribution >= 4 is 14.0 Å². The van der Waals surface area contributed by atoms with Crippen LogP contribution >= 0.6 is 0 Å². The molecule has 0 aromatic heterocycles. The molecule has 0 unspecified atom stereocenters. The molecule has 0 aromatic rings. The summed E-state index contributed by atoms with van der Waals surface area (Å²) in [4.78, 5) is 12.0. The summed E-state index contributed by atoms with van der Waals surface area (Å²) < 4.78 is 5.25. The minimum Gasteiger partial charge on any atom is -0.466 e. The fourth-order valence-electron chi connectivity index (χ4n) is 4.53. The minimum absolute atomic E-state index is 0.0583. The van der Waals surface area contributed by atoms with Gasteiger partial charge >= 0.3 is 5.97 Å². The molecule has 0 N–H and O–H groups in total. The van der Waals surface area contributed by atoms with E-state index in [0.29, 0.717) is 12.5 Å². The van der Waals surface area contributed by atoms with Crippen LogP contribution in [0.1, 0.15) is 61.3 Å². The van der Waals surface area contributed by atoms with Crippen molar-refractivity contribution in [2.45, 2.75) is 84.0 Å². The second-order valence-corrected chi connectivity index (χ2v) is 13.6. The van der Waals surface area contributed by atoms with Crippen LogP contribution in [0, 0.1) is 11.8 Å². The van der Waals surface area contributed by atoms with Crippen LogP contribution in [-0.2, 0) is 9.53 Å². The third kappa shape index (κ3) is 3.29. The molecule has 0 radical (unpaired) electrons. The molecule has 2 nitrogen and oxygen atoms in total. The molecule has 20 heavy (non-hydrogen) atoms. The first-order chi connectivity index (χ1) is 9.27. The van der Waals surface area contributed by atoms with E-state index in [-0.39, 0.29) is 11.9 Å². The molecule has 1 fully saturated rings. The van der Waals surface area contributed by atoms with E-state index in [2.05, 4.69) is 41.5 Å². The van der Waals surface area contributed by atoms with Crippen LogP contribution < -0.4 is 0 Å². The van der Waals surface area contributed by atoms with Crippen LogP contribution in [0.5, 0.6) is 0 Å². The molecular weight excluding hydrogens is 264 g/mol. The molecule has 0 amide bonds. The molecule has 0 heterocycles. The van der Waals surface area contributed by atoms with E-state index in [9.17, 15) is 4.79 Å². The van der Waals surface area contributed by atoms with Gasteiger partial charge in [-0.2, -0.15) is 0 Å². The molecule has 0 bridgehead atoms. The van der Waals surface area contributed by atoms with E-state index in [0.717, 1.165) is 23.0 Å². The Morgan fingerprint density at radius 3 is 1.85 bits per heavy atom. The Morgan fingerprint density at radius 1 is 1.05 bits per heavy atom. The largest absolute Gasteiger partial charge is 0.466 e. The van der Waals surface area contributed by atoms with Gasteiger partial charge in [0.15, 0.2) is 0 Å². The predicted molar refractivity (Wildman–Crippen MR) is 88.7 cm³/mol. The average Bonchev–Trinajstić information content (AvgIpc) is 2.26. The zero-order valence-electron chi connectivity index (χ0n) is 14.5. The topological polar surface area (TPSA) is 26.3 Å². The van der Waals surface area contributed by atoms with Gasteiger partial charge in [0.25, 0.3) is 0 Å². The van der Waals surface area contributed by atoms with Crippen LogP contribution in [0.25, 0.3) is 0 Å². The first kappa shape index (κ1) is 17.7. The van der Waals surface area contributed by atoms with Crippen LogP contribution in [0.4, 0.5) is 0 Å². The lowest BCUT2D eigenvalue weighted by molar-refractivity contribution is -0.153. The second kappa shape index (κ2) is 7.10. The fourth-order valence-corrected chi connectivity index (χ4v) is 11.3. The Bertz CT molecular complexity index is 301. The summed E-state index contributed by atoms with van der Waals surface area (Å²) in [5, 5.41) is 0. The molecule has 1 aliphatic rings. The predicted octanol–water partition coefficient (Wildman–Crippen LogP) is 5.25. The van der Waals surface area contributed by atoms with Gasteiger partial charge in [-0.3, -0.25) is 4.79 Å². The molecule has 0 aliphatic heterocycles. The monoisotopic (exact) mass is 298 g/mol. The highest BCUT2D eigenvalue weighted by atomic mass is 28.3. The van der Waals surface area contributed by atoms with E-state index in [4.69, 9.17) is 4.74 Å². The van der Waals surface area contributed by atoms with Crippen LogP contribution in [-0.4, -0.2) is 20.7 Å². The normalized spacial score (nSPS) is 23.3. The lowest BCUT2D eigenvalue weighted by Crippen LogP contribution is -2.49. The summed E-state index contributed by atoms with van der Waals surface area (Å²) in [6.45, 7) is 16.9. The fraction of sp³-hybridized carbons (Fsp3) is 0.941. The van der Waals surface area contributed by atoms with E-state index in [1.54, 1.807) is 0 Å². The molecule has 1 rings (SSSR count). The molecule has 0 saturated heterocycles. The molecular formula is C17H34O2Si. The maximum atomic E-state index is 12.0. The third-order valence-corrected chi connectivity index (χ3v) is 13.5. The molecule has 0 aromatic carbocycles. The van der Waals surface area contributed by atoms with Crippen molar-refractivity contribution in [1.82, 2.24) is 0 Å². The first-order valence-corrected chi connectivity index (χ1v) is 10.9. The van der Waals surface area contributed by atoms with Crippen LogP contribution in [0.2, 0.25) is 22.7 Å². The van der Waals surface area contributed by atoms with Gasteiger partial charge in [0.05, 0.1) is 20.6 Å². The van der Waals surface area contributed by atoms with Gasteiger partial charge in [0.1, 0.15) is 0 Å². The highest BCUT2D eigenvalue weighted by molar-refractivity contribution is 6.83. The van der Waals surface area contributed by atoms with Crippen molar-refractivity contribution in [2.75, 3.05) is 6.61 Å². The summed E-state index contributed by atoms with van der Waals surface area (Å²) in [5.74, 6) is 0.842. The Labute approximate surface area is 126 Å². The summed E-state index contributed by atoms with van der Waals surface area (Å²) in [5.41, 5.74) is 2.35. The molecule has 1 saturated carbocycles. The van der Waals surface area contributed by atoms with E-state index in [1.807, 2.05) is 6.92 Å². The molecule has 3 heteroatoms. The first-order valence-electron chi connectivity index (χ1n) is 8.43. The van der Waals surface area contributed by atoms with Gasteiger partial charge in [-0.15, -0.1) is 0 Å². The number of ether oxygens (including phenoxy) is 1. The molecule has 118 valence electrons. The lowest BCUT2D eigenvalue weighted by Gasteiger charge is -2.49.